The van der Waals surface area contributed by atoms with Gasteiger partial charge in [-0.25, -0.2) is 9.59 Å². The molecule has 0 fully saturated rings. The molecule has 0 spiro atoms. The summed E-state index contributed by atoms with van der Waals surface area (Å²) in [6.45, 7) is 13.9. The average molecular weight is 441 g/mol. The lowest BCUT2D eigenvalue weighted by Gasteiger charge is -2.31. The van der Waals surface area contributed by atoms with Crippen molar-refractivity contribution in [3.05, 3.63) is 78.1 Å². The molecule has 0 aliphatic heterocycles. The third-order valence-corrected chi connectivity index (χ3v) is 5.21. The lowest BCUT2D eigenvalue weighted by Crippen LogP contribution is -2.22. The van der Waals surface area contributed by atoms with Gasteiger partial charge in [-0.1, -0.05) is 50.8 Å². The van der Waals surface area contributed by atoms with Crippen LogP contribution in [0, 0.1) is 0 Å². The fraction of sp³-hybridized carbons (Fsp3) is 0.385. The maximum atomic E-state index is 11.4. The van der Waals surface area contributed by atoms with Crippen LogP contribution in [0.2, 0.25) is 0 Å². The standard InChI is InChI=1S/C26H32O6/c1-6-24(27)31-17-15-29-22-11-7-20(8-12-22)26(4,5)21-9-13-23(14-10-21)30-16-18-32-25(28)19(2)3/h6-9,11-13H,1-2,10,14-18H2,3-5H3. The molecule has 0 heterocycles. The molecule has 0 radical (unpaired) electrons. The smallest absolute Gasteiger partial charge is 0.333 e. The first-order valence-corrected chi connectivity index (χ1v) is 10.6. The number of esters is 2. The predicted octanol–water partition coefficient (Wildman–Crippen LogP) is 4.81. The Hall–Kier alpha value is -3.28. The molecule has 0 aromatic heterocycles. The van der Waals surface area contributed by atoms with Crippen molar-refractivity contribution >= 4 is 11.9 Å². The van der Waals surface area contributed by atoms with Gasteiger partial charge in [-0.2, -0.15) is 0 Å². The van der Waals surface area contributed by atoms with E-state index in [9.17, 15) is 9.59 Å². The second-order valence-corrected chi connectivity index (χ2v) is 7.96. The van der Waals surface area contributed by atoms with Crippen LogP contribution in [-0.2, 0) is 29.2 Å². The van der Waals surface area contributed by atoms with Gasteiger partial charge in [0.2, 0.25) is 0 Å². The van der Waals surface area contributed by atoms with Gasteiger partial charge in [0.05, 0.1) is 5.76 Å². The van der Waals surface area contributed by atoms with Crippen LogP contribution in [0.15, 0.2) is 72.6 Å². The third-order valence-electron chi connectivity index (χ3n) is 5.21. The summed E-state index contributed by atoms with van der Waals surface area (Å²) in [4.78, 5) is 22.4. The molecule has 6 nitrogen and oxygen atoms in total. The van der Waals surface area contributed by atoms with Gasteiger partial charge >= 0.3 is 11.9 Å². The highest BCUT2D eigenvalue weighted by Gasteiger charge is 2.27. The van der Waals surface area contributed by atoms with Crippen molar-refractivity contribution in [2.75, 3.05) is 26.4 Å². The van der Waals surface area contributed by atoms with E-state index in [1.165, 1.54) is 11.1 Å². The topological polar surface area (TPSA) is 71.1 Å². The zero-order valence-corrected chi connectivity index (χ0v) is 19.1. The van der Waals surface area contributed by atoms with Gasteiger partial charge in [-0.15, -0.1) is 0 Å². The van der Waals surface area contributed by atoms with E-state index < -0.39 is 11.9 Å². The van der Waals surface area contributed by atoms with E-state index in [4.69, 9.17) is 18.9 Å². The molecule has 1 aliphatic rings. The highest BCUT2D eigenvalue weighted by molar-refractivity contribution is 5.86. The molecule has 172 valence electrons. The van der Waals surface area contributed by atoms with E-state index in [1.807, 2.05) is 18.2 Å². The number of carbonyl (C=O) groups is 2. The van der Waals surface area contributed by atoms with Gasteiger partial charge in [0.1, 0.15) is 32.2 Å². The van der Waals surface area contributed by atoms with Crippen molar-refractivity contribution in [3.8, 4) is 5.75 Å². The zero-order chi connectivity index (χ0) is 23.6. The second kappa shape index (κ2) is 11.9. The highest BCUT2D eigenvalue weighted by Crippen LogP contribution is 2.37. The summed E-state index contributed by atoms with van der Waals surface area (Å²) in [5, 5.41) is 0. The molecular weight excluding hydrogens is 408 g/mol. The molecule has 0 N–H and O–H groups in total. The molecule has 0 atom stereocenters. The molecule has 6 heteroatoms. The maximum absolute atomic E-state index is 11.4. The van der Waals surface area contributed by atoms with Crippen LogP contribution in [0.1, 0.15) is 39.2 Å². The van der Waals surface area contributed by atoms with E-state index in [0.29, 0.717) is 12.2 Å². The first-order valence-electron chi connectivity index (χ1n) is 10.6. The van der Waals surface area contributed by atoms with E-state index in [-0.39, 0.29) is 25.2 Å². The van der Waals surface area contributed by atoms with Crippen molar-refractivity contribution in [2.45, 2.75) is 39.0 Å². The summed E-state index contributed by atoms with van der Waals surface area (Å²) in [7, 11) is 0. The number of hydrogen-bond acceptors (Lipinski definition) is 6. The van der Waals surface area contributed by atoms with Crippen LogP contribution >= 0.6 is 0 Å². The van der Waals surface area contributed by atoms with Crippen LogP contribution in [0.25, 0.3) is 0 Å². The SMILES string of the molecule is C=CC(=O)OCCOc1ccc(C(C)(C)C2=CC=C(OCCOC(=O)C(=C)C)CC2)cc1. The largest absolute Gasteiger partial charge is 0.494 e. The molecule has 0 bridgehead atoms. The van der Waals surface area contributed by atoms with Crippen molar-refractivity contribution in [3.63, 3.8) is 0 Å². The van der Waals surface area contributed by atoms with Crippen molar-refractivity contribution in [1.29, 1.82) is 0 Å². The van der Waals surface area contributed by atoms with Crippen LogP contribution in [0.4, 0.5) is 0 Å². The van der Waals surface area contributed by atoms with Gasteiger partial charge in [-0.3, -0.25) is 0 Å². The molecule has 1 aromatic rings. The summed E-state index contributed by atoms with van der Waals surface area (Å²) < 4.78 is 21.3. The van der Waals surface area contributed by atoms with E-state index in [0.717, 1.165) is 30.4 Å². The molecule has 0 amide bonds. The Morgan fingerprint density at radius 2 is 1.62 bits per heavy atom. The first kappa shape index (κ1) is 25.0. The van der Waals surface area contributed by atoms with Crippen molar-refractivity contribution in [1.82, 2.24) is 0 Å². The molecular formula is C26H32O6. The summed E-state index contributed by atoms with van der Waals surface area (Å²) in [6, 6.07) is 7.95. The van der Waals surface area contributed by atoms with Gasteiger partial charge in [0.15, 0.2) is 0 Å². The maximum Gasteiger partial charge on any atom is 0.333 e. The number of carbonyl (C=O) groups excluding carboxylic acids is 2. The molecule has 2 rings (SSSR count). The summed E-state index contributed by atoms with van der Waals surface area (Å²) in [5.41, 5.74) is 2.73. The van der Waals surface area contributed by atoms with Crippen LogP contribution < -0.4 is 4.74 Å². The summed E-state index contributed by atoms with van der Waals surface area (Å²) in [5.74, 6) is 0.750. The normalized spacial score (nSPS) is 13.3. The fourth-order valence-electron chi connectivity index (χ4n) is 3.20. The van der Waals surface area contributed by atoms with Crippen LogP contribution in [0.5, 0.6) is 5.75 Å². The Morgan fingerprint density at radius 1 is 0.969 bits per heavy atom. The van der Waals surface area contributed by atoms with Crippen LogP contribution in [-0.4, -0.2) is 38.4 Å². The number of rotatable bonds is 12. The minimum absolute atomic E-state index is 0.142. The predicted molar refractivity (Wildman–Crippen MR) is 123 cm³/mol. The quantitative estimate of drug-likeness (QED) is 0.264. The average Bonchev–Trinajstić information content (AvgIpc) is 2.79. The second-order valence-electron chi connectivity index (χ2n) is 7.96. The Morgan fingerprint density at radius 3 is 2.22 bits per heavy atom. The minimum atomic E-state index is -0.458. The molecule has 0 saturated carbocycles. The Kier molecular flexibility index (Phi) is 9.32. The molecule has 32 heavy (non-hydrogen) atoms. The monoisotopic (exact) mass is 440 g/mol. The molecule has 1 aromatic carbocycles. The lowest BCUT2D eigenvalue weighted by atomic mass is 9.74. The molecule has 0 saturated heterocycles. The van der Waals surface area contributed by atoms with Crippen LogP contribution in [0.3, 0.4) is 0 Å². The van der Waals surface area contributed by atoms with Crippen molar-refractivity contribution in [2.24, 2.45) is 0 Å². The van der Waals surface area contributed by atoms with E-state index in [2.05, 4.69) is 45.2 Å². The fourth-order valence-corrected chi connectivity index (χ4v) is 3.20. The van der Waals surface area contributed by atoms with Gasteiger partial charge in [0, 0.05) is 23.5 Å². The zero-order valence-electron chi connectivity index (χ0n) is 19.1. The third kappa shape index (κ3) is 7.45. The number of hydrogen-bond donors (Lipinski definition) is 0. The van der Waals surface area contributed by atoms with Gasteiger partial charge in [-0.05, 0) is 37.1 Å². The summed E-state index contributed by atoms with van der Waals surface area (Å²) >= 11 is 0. The first-order chi connectivity index (χ1) is 15.2. The lowest BCUT2D eigenvalue weighted by molar-refractivity contribution is -0.140. The van der Waals surface area contributed by atoms with Gasteiger partial charge < -0.3 is 18.9 Å². The Labute approximate surface area is 190 Å². The van der Waals surface area contributed by atoms with Crippen molar-refractivity contribution < 1.29 is 28.5 Å². The molecule has 1 aliphatic carbocycles. The summed E-state index contributed by atoms with van der Waals surface area (Å²) in [6.07, 6.45) is 6.91. The highest BCUT2D eigenvalue weighted by atomic mass is 16.6. The minimum Gasteiger partial charge on any atom is -0.494 e. The van der Waals surface area contributed by atoms with E-state index >= 15 is 0 Å². The molecule has 0 unspecified atom stereocenters. The Balaban J connectivity index is 1.87. The number of ether oxygens (including phenoxy) is 4. The number of benzene rings is 1. The van der Waals surface area contributed by atoms with E-state index in [1.54, 1.807) is 6.92 Å². The number of allylic oxidation sites excluding steroid dienone is 4. The Bertz CT molecular complexity index is 889. The van der Waals surface area contributed by atoms with Gasteiger partial charge in [0.25, 0.3) is 0 Å².